The van der Waals surface area contributed by atoms with Gasteiger partial charge in [-0.25, -0.2) is 10.3 Å². The molecule has 1 aliphatic carbocycles. The van der Waals surface area contributed by atoms with Gasteiger partial charge in [0.1, 0.15) is 5.75 Å². The zero-order valence-corrected chi connectivity index (χ0v) is 13.8. The van der Waals surface area contributed by atoms with Gasteiger partial charge in [-0.1, -0.05) is 18.2 Å². The van der Waals surface area contributed by atoms with Gasteiger partial charge in [0, 0.05) is 10.5 Å². The van der Waals surface area contributed by atoms with E-state index in [9.17, 15) is 4.79 Å². The van der Waals surface area contributed by atoms with Crippen molar-refractivity contribution in [2.45, 2.75) is 11.3 Å². The van der Waals surface area contributed by atoms with Crippen LogP contribution in [0.3, 0.4) is 0 Å². The molecule has 1 aliphatic rings. The van der Waals surface area contributed by atoms with Crippen molar-refractivity contribution in [1.82, 2.24) is 5.48 Å². The minimum Gasteiger partial charge on any atom is -0.497 e. The molecule has 0 fully saturated rings. The van der Waals surface area contributed by atoms with Crippen LogP contribution in [-0.4, -0.2) is 19.3 Å². The summed E-state index contributed by atoms with van der Waals surface area (Å²) in [6, 6.07) is 13.2. The lowest BCUT2D eigenvalue weighted by Gasteiger charge is -2.11. The highest BCUT2D eigenvalue weighted by atomic mass is 32.2. The monoisotopic (exact) mass is 327 g/mol. The number of benzene rings is 2. The van der Waals surface area contributed by atoms with Gasteiger partial charge in [-0.3, -0.25) is 0 Å². The Bertz CT molecular complexity index is 771. The molecule has 23 heavy (non-hydrogen) atoms. The van der Waals surface area contributed by atoms with Crippen LogP contribution >= 0.6 is 11.8 Å². The van der Waals surface area contributed by atoms with Crippen molar-refractivity contribution >= 4 is 23.4 Å². The van der Waals surface area contributed by atoms with E-state index in [1.165, 1.54) is 11.8 Å². The average molecular weight is 327 g/mol. The fourth-order valence-electron chi connectivity index (χ4n) is 2.52. The minimum atomic E-state index is -0.391. The van der Waals surface area contributed by atoms with Crippen LogP contribution < -0.4 is 10.2 Å². The maximum Gasteiger partial charge on any atom is 0.363 e. The van der Waals surface area contributed by atoms with Gasteiger partial charge in [-0.05, 0) is 48.6 Å². The molecule has 0 radical (unpaired) electrons. The summed E-state index contributed by atoms with van der Waals surface area (Å²) in [5.41, 5.74) is 6.32. The third-order valence-corrected chi connectivity index (χ3v) is 4.51. The van der Waals surface area contributed by atoms with Crippen molar-refractivity contribution in [3.8, 4) is 5.75 Å². The summed E-state index contributed by atoms with van der Waals surface area (Å²) in [5, 5.41) is 0. The van der Waals surface area contributed by atoms with E-state index in [-0.39, 0.29) is 0 Å². The Labute approximate surface area is 139 Å². The van der Waals surface area contributed by atoms with Gasteiger partial charge in [-0.15, -0.1) is 11.8 Å². The van der Waals surface area contributed by atoms with Crippen molar-refractivity contribution in [2.24, 2.45) is 0 Å². The Hall–Kier alpha value is -2.40. The molecule has 0 aliphatic heterocycles. The van der Waals surface area contributed by atoms with Crippen LogP contribution in [0.2, 0.25) is 0 Å². The van der Waals surface area contributed by atoms with E-state index in [2.05, 4.69) is 5.48 Å². The van der Waals surface area contributed by atoms with E-state index < -0.39 is 5.97 Å². The van der Waals surface area contributed by atoms with Gasteiger partial charge in [0.05, 0.1) is 18.4 Å². The number of ether oxygens (including phenoxy) is 1. The maximum absolute atomic E-state index is 12.2. The number of thioether (sulfide) groups is 1. The summed E-state index contributed by atoms with van der Waals surface area (Å²) in [7, 11) is 1.65. The molecule has 0 amide bonds. The van der Waals surface area contributed by atoms with Crippen molar-refractivity contribution in [3.05, 3.63) is 65.2 Å². The molecule has 2 aromatic carbocycles. The molecule has 0 saturated carbocycles. The van der Waals surface area contributed by atoms with E-state index in [1.54, 1.807) is 13.2 Å². The molecule has 2 aromatic rings. The van der Waals surface area contributed by atoms with E-state index >= 15 is 0 Å². The van der Waals surface area contributed by atoms with E-state index in [0.717, 1.165) is 33.9 Å². The molecule has 4 nitrogen and oxygen atoms in total. The number of hydrogen-bond acceptors (Lipinski definition) is 5. The van der Waals surface area contributed by atoms with Crippen molar-refractivity contribution < 1.29 is 14.4 Å². The summed E-state index contributed by atoms with van der Waals surface area (Å²) in [4.78, 5) is 18.4. The van der Waals surface area contributed by atoms with Crippen molar-refractivity contribution in [1.29, 1.82) is 0 Å². The number of carbonyl (C=O) groups is 1. The molecule has 0 spiro atoms. The number of hydroxylamine groups is 1. The average Bonchev–Trinajstić information content (AvgIpc) is 3.01. The van der Waals surface area contributed by atoms with Gasteiger partial charge in [0.25, 0.3) is 0 Å². The molecule has 0 unspecified atom stereocenters. The summed E-state index contributed by atoms with van der Waals surface area (Å²) >= 11 is 1.52. The molecule has 0 atom stereocenters. The van der Waals surface area contributed by atoms with Crippen LogP contribution in [0, 0.1) is 0 Å². The lowest BCUT2D eigenvalue weighted by atomic mass is 10.1. The number of carbonyl (C=O) groups excluding carboxylic acids is 1. The number of rotatable bonds is 5. The first kappa shape index (κ1) is 15.5. The van der Waals surface area contributed by atoms with Crippen LogP contribution in [-0.2, 0) is 11.3 Å². The highest BCUT2D eigenvalue weighted by Gasteiger charge is 2.18. The summed E-state index contributed by atoms with van der Waals surface area (Å²) in [6.07, 6.45) is 4.72. The molecule has 118 valence electrons. The zero-order chi connectivity index (χ0) is 16.2. The van der Waals surface area contributed by atoms with E-state index in [4.69, 9.17) is 9.57 Å². The Morgan fingerprint density at radius 3 is 2.83 bits per heavy atom. The van der Waals surface area contributed by atoms with Crippen molar-refractivity contribution in [3.63, 3.8) is 0 Å². The first-order valence-corrected chi connectivity index (χ1v) is 8.43. The van der Waals surface area contributed by atoms with Gasteiger partial charge >= 0.3 is 5.97 Å². The molecule has 5 heteroatoms. The number of methoxy groups -OCH3 is 1. The Morgan fingerprint density at radius 1 is 1.22 bits per heavy atom. The van der Waals surface area contributed by atoms with E-state index in [1.807, 2.05) is 48.7 Å². The largest absolute Gasteiger partial charge is 0.497 e. The fourth-order valence-corrected chi connectivity index (χ4v) is 3.10. The fraction of sp³-hybridized carbons (Fsp3) is 0.167. The third-order valence-electron chi connectivity index (χ3n) is 3.71. The van der Waals surface area contributed by atoms with Crippen molar-refractivity contribution in [2.75, 3.05) is 13.4 Å². The number of nitrogens with one attached hydrogen (secondary N) is 1. The lowest BCUT2D eigenvalue weighted by molar-refractivity contribution is 0.0365. The van der Waals surface area contributed by atoms with E-state index in [0.29, 0.717) is 5.56 Å². The molecule has 0 heterocycles. The summed E-state index contributed by atoms with van der Waals surface area (Å²) < 4.78 is 5.23. The predicted molar refractivity (Wildman–Crippen MR) is 91.4 cm³/mol. The van der Waals surface area contributed by atoms with Crippen LogP contribution in [0.4, 0.5) is 0 Å². The second kappa shape index (κ2) is 6.79. The maximum atomic E-state index is 12.2. The molecule has 3 rings (SSSR count). The second-order valence-electron chi connectivity index (χ2n) is 5.04. The van der Waals surface area contributed by atoms with Crippen LogP contribution in [0.25, 0.3) is 5.70 Å². The Morgan fingerprint density at radius 2 is 2.04 bits per heavy atom. The van der Waals surface area contributed by atoms with Gasteiger partial charge in [0.2, 0.25) is 0 Å². The molecular weight excluding hydrogens is 310 g/mol. The smallest absolute Gasteiger partial charge is 0.363 e. The number of allylic oxidation sites excluding steroid dienone is 1. The predicted octanol–water partition coefficient (Wildman–Crippen LogP) is 3.68. The Kier molecular flexibility index (Phi) is 4.57. The van der Waals surface area contributed by atoms with Gasteiger partial charge in [0.15, 0.2) is 0 Å². The zero-order valence-electron chi connectivity index (χ0n) is 13.0. The summed E-state index contributed by atoms with van der Waals surface area (Å²) in [6.45, 7) is 0. The number of hydrogen-bond donors (Lipinski definition) is 1. The van der Waals surface area contributed by atoms with Crippen LogP contribution in [0.1, 0.15) is 21.5 Å². The molecular formula is C18H17NO3S. The highest BCUT2D eigenvalue weighted by molar-refractivity contribution is 7.98. The lowest BCUT2D eigenvalue weighted by Crippen LogP contribution is -2.18. The first-order chi connectivity index (χ1) is 11.2. The van der Waals surface area contributed by atoms with Gasteiger partial charge in [-0.2, -0.15) is 0 Å². The third kappa shape index (κ3) is 3.19. The highest BCUT2D eigenvalue weighted by Crippen LogP contribution is 2.29. The standard InChI is InChI=1S/C18H17NO3S/c1-21-13-8-9-14-12(11-13)7-10-16(14)19-22-18(20)15-5-3-4-6-17(15)23-2/h3-6,8-11,19H,7H2,1-2H3. The second-order valence-corrected chi connectivity index (χ2v) is 5.88. The number of fused-ring (bicyclic) bond motifs is 1. The van der Waals surface area contributed by atoms with Crippen LogP contribution in [0.5, 0.6) is 5.75 Å². The normalized spacial score (nSPS) is 12.3. The minimum absolute atomic E-state index is 0.391. The molecule has 0 saturated heterocycles. The SMILES string of the molecule is COc1ccc2c(c1)CC=C2NOC(=O)c1ccccc1SC. The summed E-state index contributed by atoms with van der Waals surface area (Å²) in [5.74, 6) is 0.433. The topological polar surface area (TPSA) is 47.6 Å². The Balaban J connectivity index is 1.70. The van der Waals surface area contributed by atoms with Crippen LogP contribution in [0.15, 0.2) is 53.4 Å². The molecule has 0 aromatic heterocycles. The van der Waals surface area contributed by atoms with Gasteiger partial charge < -0.3 is 9.57 Å². The quantitative estimate of drug-likeness (QED) is 0.670. The molecule has 1 N–H and O–H groups in total. The molecule has 0 bridgehead atoms. The first-order valence-electron chi connectivity index (χ1n) is 7.20.